The van der Waals surface area contributed by atoms with E-state index in [-0.39, 0.29) is 30.8 Å². The van der Waals surface area contributed by atoms with Crippen molar-refractivity contribution in [3.63, 3.8) is 0 Å². The van der Waals surface area contributed by atoms with Gasteiger partial charge in [-0.1, -0.05) is 54.4 Å². The Kier molecular flexibility index (Phi) is 10.2. The molecule has 0 bridgehead atoms. The fraction of sp³-hybridized carbons (Fsp3) is 0.417. The van der Waals surface area contributed by atoms with E-state index in [4.69, 9.17) is 27.9 Å². The van der Waals surface area contributed by atoms with Gasteiger partial charge >= 0.3 is 0 Å². The number of halogens is 2. The summed E-state index contributed by atoms with van der Waals surface area (Å²) in [7, 11) is 0. The second-order valence-electron chi connectivity index (χ2n) is 7.53. The molecule has 2 amide bonds. The van der Waals surface area contributed by atoms with Crippen molar-refractivity contribution < 1.29 is 14.3 Å². The highest BCUT2D eigenvalue weighted by molar-refractivity contribution is 6.42. The summed E-state index contributed by atoms with van der Waals surface area (Å²) in [5.74, 6) is 0.474. The first kappa shape index (κ1) is 25.0. The van der Waals surface area contributed by atoms with Crippen LogP contribution in [-0.2, 0) is 16.1 Å². The zero-order valence-corrected chi connectivity index (χ0v) is 19.7. The van der Waals surface area contributed by atoms with E-state index in [1.54, 1.807) is 24.0 Å². The Hall–Kier alpha value is -2.24. The molecule has 168 valence electrons. The molecule has 5 nitrogen and oxygen atoms in total. The highest BCUT2D eigenvalue weighted by Gasteiger charge is 2.26. The van der Waals surface area contributed by atoms with Gasteiger partial charge in [0.05, 0.1) is 16.7 Å². The molecule has 0 radical (unpaired) electrons. The molecule has 0 saturated heterocycles. The van der Waals surface area contributed by atoms with Gasteiger partial charge in [-0.25, -0.2) is 0 Å². The van der Waals surface area contributed by atoms with Gasteiger partial charge in [0.2, 0.25) is 11.8 Å². The number of carbonyl (C=O) groups is 2. The van der Waals surface area contributed by atoms with E-state index in [1.807, 2.05) is 50.2 Å². The minimum atomic E-state index is -0.619. The van der Waals surface area contributed by atoms with E-state index < -0.39 is 6.04 Å². The predicted molar refractivity (Wildman–Crippen MR) is 126 cm³/mol. The molecule has 1 N–H and O–H groups in total. The van der Waals surface area contributed by atoms with Crippen molar-refractivity contribution in [2.75, 3.05) is 6.61 Å². The van der Waals surface area contributed by atoms with E-state index in [0.717, 1.165) is 17.7 Å². The number of nitrogens with zero attached hydrogens (tertiary/aromatic N) is 1. The minimum Gasteiger partial charge on any atom is -0.494 e. The van der Waals surface area contributed by atoms with E-state index in [9.17, 15) is 9.59 Å². The summed E-state index contributed by atoms with van der Waals surface area (Å²) >= 11 is 12.1. The molecule has 0 aromatic heterocycles. The lowest BCUT2D eigenvalue weighted by atomic mass is 10.1. The maximum atomic E-state index is 13.0. The predicted octanol–water partition coefficient (Wildman–Crippen LogP) is 5.48. The second-order valence-corrected chi connectivity index (χ2v) is 8.34. The van der Waals surface area contributed by atoms with Gasteiger partial charge in [0.1, 0.15) is 11.8 Å². The number of rotatable bonds is 11. The standard InChI is InChI=1S/C24H30Cl2N2O3/c1-4-17(2)27-24(30)18(3)28(16-19-12-13-21(25)22(26)15-19)23(29)11-8-14-31-20-9-6-5-7-10-20/h5-7,9-10,12-13,15,17-18H,4,8,11,14,16H2,1-3H3,(H,27,30)/t17-,18-/m1/s1. The Morgan fingerprint density at radius 1 is 1.06 bits per heavy atom. The number of hydrogen-bond donors (Lipinski definition) is 1. The normalized spacial score (nSPS) is 12.7. The van der Waals surface area contributed by atoms with Crippen molar-refractivity contribution in [2.24, 2.45) is 0 Å². The van der Waals surface area contributed by atoms with Crippen LogP contribution in [0.2, 0.25) is 10.0 Å². The van der Waals surface area contributed by atoms with Crippen LogP contribution in [0.25, 0.3) is 0 Å². The van der Waals surface area contributed by atoms with Gasteiger partial charge in [0, 0.05) is 19.0 Å². The first-order valence-electron chi connectivity index (χ1n) is 10.5. The molecular weight excluding hydrogens is 435 g/mol. The first-order valence-corrected chi connectivity index (χ1v) is 11.3. The van der Waals surface area contributed by atoms with Crippen LogP contribution in [0, 0.1) is 0 Å². The van der Waals surface area contributed by atoms with Crippen LogP contribution >= 0.6 is 23.2 Å². The highest BCUT2D eigenvalue weighted by Crippen LogP contribution is 2.24. The third kappa shape index (κ3) is 8.08. The zero-order valence-electron chi connectivity index (χ0n) is 18.2. The van der Waals surface area contributed by atoms with E-state index in [0.29, 0.717) is 23.1 Å². The van der Waals surface area contributed by atoms with Crippen molar-refractivity contribution in [1.29, 1.82) is 0 Å². The van der Waals surface area contributed by atoms with Gasteiger partial charge < -0.3 is 15.0 Å². The summed E-state index contributed by atoms with van der Waals surface area (Å²) in [6.07, 6.45) is 1.64. The maximum absolute atomic E-state index is 13.0. The summed E-state index contributed by atoms with van der Waals surface area (Å²) in [5, 5.41) is 3.82. The van der Waals surface area contributed by atoms with Crippen LogP contribution in [0.3, 0.4) is 0 Å². The van der Waals surface area contributed by atoms with Crippen LogP contribution in [0.4, 0.5) is 0 Å². The summed E-state index contributed by atoms with van der Waals surface area (Å²) in [6, 6.07) is 14.1. The molecule has 0 heterocycles. The Bertz CT molecular complexity index is 861. The molecule has 2 atom stereocenters. The molecule has 2 rings (SSSR count). The molecule has 0 aliphatic carbocycles. The molecule has 7 heteroatoms. The first-order chi connectivity index (χ1) is 14.8. The smallest absolute Gasteiger partial charge is 0.242 e. The highest BCUT2D eigenvalue weighted by atomic mass is 35.5. The molecule has 0 aliphatic rings. The average Bonchev–Trinajstić information content (AvgIpc) is 2.77. The van der Waals surface area contributed by atoms with Crippen LogP contribution in [0.15, 0.2) is 48.5 Å². The molecule has 2 aromatic rings. The third-order valence-corrected chi connectivity index (χ3v) is 5.79. The van der Waals surface area contributed by atoms with Gasteiger partial charge in [-0.05, 0) is 56.5 Å². The average molecular weight is 465 g/mol. The zero-order chi connectivity index (χ0) is 22.8. The molecule has 0 spiro atoms. The van der Waals surface area contributed by atoms with Gasteiger partial charge in [-0.2, -0.15) is 0 Å². The van der Waals surface area contributed by atoms with Crippen LogP contribution in [-0.4, -0.2) is 35.4 Å². The quantitative estimate of drug-likeness (QED) is 0.447. The lowest BCUT2D eigenvalue weighted by molar-refractivity contribution is -0.141. The summed E-state index contributed by atoms with van der Waals surface area (Å²) < 4.78 is 5.68. The second kappa shape index (κ2) is 12.6. The van der Waals surface area contributed by atoms with Gasteiger partial charge in [0.15, 0.2) is 0 Å². The van der Waals surface area contributed by atoms with E-state index in [2.05, 4.69) is 5.32 Å². The summed E-state index contributed by atoms with van der Waals surface area (Å²) in [4.78, 5) is 27.3. The molecular formula is C24H30Cl2N2O3. The van der Waals surface area contributed by atoms with Crippen molar-refractivity contribution in [1.82, 2.24) is 10.2 Å². The van der Waals surface area contributed by atoms with Gasteiger partial charge in [0.25, 0.3) is 0 Å². The van der Waals surface area contributed by atoms with Crippen LogP contribution in [0.1, 0.15) is 45.6 Å². The molecule has 2 aromatic carbocycles. The number of benzene rings is 2. The SMILES string of the molecule is CC[C@@H](C)NC(=O)[C@@H](C)N(Cc1ccc(Cl)c(Cl)c1)C(=O)CCCOc1ccccc1. The Labute approximate surface area is 194 Å². The fourth-order valence-electron chi connectivity index (χ4n) is 2.96. The van der Waals surface area contributed by atoms with Crippen LogP contribution < -0.4 is 10.1 Å². The lowest BCUT2D eigenvalue weighted by Gasteiger charge is -2.30. The third-order valence-electron chi connectivity index (χ3n) is 5.05. The number of para-hydroxylation sites is 1. The van der Waals surface area contributed by atoms with Gasteiger partial charge in [-0.15, -0.1) is 0 Å². The summed E-state index contributed by atoms with van der Waals surface area (Å²) in [6.45, 7) is 6.37. The topological polar surface area (TPSA) is 58.6 Å². The number of ether oxygens (including phenoxy) is 1. The van der Waals surface area contributed by atoms with Crippen molar-refractivity contribution >= 4 is 35.0 Å². The van der Waals surface area contributed by atoms with Crippen molar-refractivity contribution in [3.8, 4) is 5.75 Å². The molecule has 0 aliphatic heterocycles. The van der Waals surface area contributed by atoms with Crippen molar-refractivity contribution in [2.45, 2.75) is 58.7 Å². The Morgan fingerprint density at radius 2 is 1.77 bits per heavy atom. The van der Waals surface area contributed by atoms with Crippen molar-refractivity contribution in [3.05, 3.63) is 64.1 Å². The monoisotopic (exact) mass is 464 g/mol. The fourth-order valence-corrected chi connectivity index (χ4v) is 3.28. The Morgan fingerprint density at radius 3 is 2.42 bits per heavy atom. The number of hydrogen-bond acceptors (Lipinski definition) is 3. The molecule has 0 saturated carbocycles. The van der Waals surface area contributed by atoms with Gasteiger partial charge in [-0.3, -0.25) is 9.59 Å². The molecule has 0 fully saturated rings. The summed E-state index contributed by atoms with van der Waals surface area (Å²) in [5.41, 5.74) is 0.812. The number of carbonyl (C=O) groups excluding carboxylic acids is 2. The lowest BCUT2D eigenvalue weighted by Crippen LogP contribution is -2.49. The number of nitrogens with one attached hydrogen (secondary N) is 1. The van der Waals surface area contributed by atoms with Crippen LogP contribution in [0.5, 0.6) is 5.75 Å². The number of amides is 2. The minimum absolute atomic E-state index is 0.0381. The molecule has 0 unspecified atom stereocenters. The largest absolute Gasteiger partial charge is 0.494 e. The maximum Gasteiger partial charge on any atom is 0.242 e. The molecule has 31 heavy (non-hydrogen) atoms. The Balaban J connectivity index is 2.04. The van der Waals surface area contributed by atoms with E-state index in [1.165, 1.54) is 0 Å². The van der Waals surface area contributed by atoms with E-state index >= 15 is 0 Å².